The van der Waals surface area contributed by atoms with Gasteiger partial charge in [0.1, 0.15) is 0 Å². The number of aryl methyl sites for hydroxylation is 1. The number of rotatable bonds is 8. The van der Waals surface area contributed by atoms with Crippen molar-refractivity contribution >= 4 is 10.9 Å². The SMILES string of the molecule is CC1(C)[C](c2cn(CCCCOCc3ccccc3)c3ccccc23)C1(C)C. The Kier molecular flexibility index (Phi) is 5.09. The van der Waals surface area contributed by atoms with Crippen LogP contribution in [0.25, 0.3) is 10.9 Å². The highest BCUT2D eigenvalue weighted by Gasteiger charge is 2.66. The molecule has 0 unspecified atom stereocenters. The Morgan fingerprint density at radius 3 is 2.21 bits per heavy atom. The van der Waals surface area contributed by atoms with E-state index in [1.807, 2.05) is 6.07 Å². The number of unbranched alkanes of at least 4 members (excludes halogenated alkanes) is 1. The molecule has 1 aliphatic rings. The molecule has 0 aliphatic heterocycles. The molecule has 1 radical (unpaired) electrons. The van der Waals surface area contributed by atoms with Gasteiger partial charge in [0, 0.05) is 36.2 Å². The smallest absolute Gasteiger partial charge is 0.0716 e. The summed E-state index contributed by atoms with van der Waals surface area (Å²) in [5, 5.41) is 1.40. The van der Waals surface area contributed by atoms with Gasteiger partial charge in [-0.05, 0) is 40.9 Å². The lowest BCUT2D eigenvalue weighted by molar-refractivity contribution is 0.116. The molecule has 0 N–H and O–H groups in total. The summed E-state index contributed by atoms with van der Waals surface area (Å²) in [6, 6.07) is 19.3. The van der Waals surface area contributed by atoms with E-state index in [2.05, 4.69) is 87.0 Å². The Balaban J connectivity index is 1.37. The first-order valence-electron chi connectivity index (χ1n) is 10.5. The number of benzene rings is 2. The van der Waals surface area contributed by atoms with Gasteiger partial charge < -0.3 is 9.30 Å². The van der Waals surface area contributed by atoms with Crippen molar-refractivity contribution in [1.82, 2.24) is 4.57 Å². The third-order valence-electron chi connectivity index (χ3n) is 6.86. The summed E-state index contributed by atoms with van der Waals surface area (Å²) in [4.78, 5) is 0. The summed E-state index contributed by atoms with van der Waals surface area (Å²) < 4.78 is 8.28. The number of hydrogen-bond donors (Lipinski definition) is 0. The lowest BCUT2D eigenvalue weighted by Gasteiger charge is -2.07. The third kappa shape index (κ3) is 3.39. The van der Waals surface area contributed by atoms with Crippen LogP contribution in [0.3, 0.4) is 0 Å². The average Bonchev–Trinajstić information content (AvgIpc) is 2.95. The van der Waals surface area contributed by atoms with Crippen molar-refractivity contribution < 1.29 is 4.74 Å². The minimum absolute atomic E-state index is 0.285. The van der Waals surface area contributed by atoms with E-state index in [9.17, 15) is 0 Å². The van der Waals surface area contributed by atoms with Crippen LogP contribution >= 0.6 is 0 Å². The molecule has 2 heteroatoms. The van der Waals surface area contributed by atoms with E-state index in [1.54, 1.807) is 5.92 Å². The molecule has 1 fully saturated rings. The Morgan fingerprint density at radius 1 is 0.821 bits per heavy atom. The summed E-state index contributed by atoms with van der Waals surface area (Å²) >= 11 is 0. The van der Waals surface area contributed by atoms with Gasteiger partial charge in [-0.2, -0.15) is 0 Å². The van der Waals surface area contributed by atoms with E-state index in [0.29, 0.717) is 6.61 Å². The summed E-state index contributed by atoms with van der Waals surface area (Å²) in [6.45, 7) is 12.1. The lowest BCUT2D eigenvalue weighted by Crippen LogP contribution is -2.00. The fourth-order valence-electron chi connectivity index (χ4n) is 4.59. The van der Waals surface area contributed by atoms with Gasteiger partial charge in [-0.3, -0.25) is 0 Å². The zero-order valence-corrected chi connectivity index (χ0v) is 17.7. The Hall–Kier alpha value is -2.06. The molecule has 0 bridgehead atoms. The largest absolute Gasteiger partial charge is 0.377 e. The standard InChI is InChI=1S/C26H32NO/c1-25(2)24(26(25,3)4)22-18-27(23-15-9-8-14-21(22)23)16-10-11-17-28-19-20-12-6-5-7-13-20/h5-9,12-15,18H,10-11,16-17,19H2,1-4H3. The number of aromatic nitrogens is 1. The highest BCUT2D eigenvalue weighted by Crippen LogP contribution is 2.73. The number of ether oxygens (including phenoxy) is 1. The highest BCUT2D eigenvalue weighted by molar-refractivity contribution is 5.88. The van der Waals surface area contributed by atoms with Gasteiger partial charge >= 0.3 is 0 Å². The second-order valence-electron chi connectivity index (χ2n) is 9.12. The third-order valence-corrected chi connectivity index (χ3v) is 6.86. The first-order chi connectivity index (χ1) is 13.4. The van der Waals surface area contributed by atoms with Crippen molar-refractivity contribution in [3.63, 3.8) is 0 Å². The Bertz CT molecular complexity index is 921. The number of hydrogen-bond acceptors (Lipinski definition) is 1. The van der Waals surface area contributed by atoms with E-state index >= 15 is 0 Å². The predicted molar refractivity (Wildman–Crippen MR) is 117 cm³/mol. The second kappa shape index (κ2) is 7.40. The fraction of sp³-hybridized carbons (Fsp3) is 0.423. The number of fused-ring (bicyclic) bond motifs is 1. The van der Waals surface area contributed by atoms with E-state index in [0.717, 1.165) is 26.0 Å². The Labute approximate surface area is 169 Å². The zero-order chi connectivity index (χ0) is 19.8. The quantitative estimate of drug-likeness (QED) is 0.404. The second-order valence-corrected chi connectivity index (χ2v) is 9.12. The molecule has 4 rings (SSSR count). The van der Waals surface area contributed by atoms with Crippen molar-refractivity contribution in [3.8, 4) is 0 Å². The van der Waals surface area contributed by atoms with Crippen LogP contribution in [0.5, 0.6) is 0 Å². The Morgan fingerprint density at radius 2 is 1.50 bits per heavy atom. The molecule has 147 valence electrons. The summed E-state index contributed by atoms with van der Waals surface area (Å²) in [7, 11) is 0. The van der Waals surface area contributed by atoms with Gasteiger partial charge in [0.05, 0.1) is 6.61 Å². The topological polar surface area (TPSA) is 14.2 Å². The average molecular weight is 375 g/mol. The van der Waals surface area contributed by atoms with E-state index in [1.165, 1.54) is 22.0 Å². The maximum atomic E-state index is 5.84. The fourth-order valence-corrected chi connectivity index (χ4v) is 4.59. The molecule has 1 aromatic heterocycles. The van der Waals surface area contributed by atoms with Gasteiger partial charge in [-0.15, -0.1) is 0 Å². The van der Waals surface area contributed by atoms with Crippen LogP contribution in [0.2, 0.25) is 0 Å². The zero-order valence-electron chi connectivity index (χ0n) is 17.7. The molecule has 2 aromatic carbocycles. The lowest BCUT2D eigenvalue weighted by atomic mass is 10.0. The molecular weight excluding hydrogens is 342 g/mol. The molecule has 1 heterocycles. The maximum absolute atomic E-state index is 5.84. The van der Waals surface area contributed by atoms with E-state index in [-0.39, 0.29) is 10.8 Å². The molecule has 28 heavy (non-hydrogen) atoms. The summed E-state index contributed by atoms with van der Waals surface area (Å²) in [5.41, 5.74) is 4.62. The van der Waals surface area contributed by atoms with Crippen LogP contribution in [-0.2, 0) is 17.9 Å². The first kappa shape index (κ1) is 19.3. The van der Waals surface area contributed by atoms with Crippen LogP contribution in [0, 0.1) is 16.7 Å². The molecule has 0 atom stereocenters. The van der Waals surface area contributed by atoms with Gasteiger partial charge in [-0.25, -0.2) is 0 Å². The van der Waals surface area contributed by atoms with E-state index < -0.39 is 0 Å². The number of nitrogens with zero attached hydrogens (tertiary/aromatic N) is 1. The van der Waals surface area contributed by atoms with Crippen molar-refractivity contribution in [3.05, 3.63) is 77.8 Å². The predicted octanol–water partition coefficient (Wildman–Crippen LogP) is 6.63. The van der Waals surface area contributed by atoms with Crippen LogP contribution in [-0.4, -0.2) is 11.2 Å². The summed E-state index contributed by atoms with van der Waals surface area (Å²) in [6.07, 6.45) is 4.61. The molecule has 0 amide bonds. The summed E-state index contributed by atoms with van der Waals surface area (Å²) in [5.74, 6) is 1.60. The molecular formula is C26H32NO. The molecule has 1 aliphatic carbocycles. The van der Waals surface area contributed by atoms with Gasteiger partial charge in [0.2, 0.25) is 0 Å². The molecule has 0 saturated heterocycles. The minimum atomic E-state index is 0.285. The van der Waals surface area contributed by atoms with Gasteiger partial charge in [0.25, 0.3) is 0 Å². The van der Waals surface area contributed by atoms with Crippen LogP contribution in [0.15, 0.2) is 60.8 Å². The minimum Gasteiger partial charge on any atom is -0.377 e. The van der Waals surface area contributed by atoms with Gasteiger partial charge in [-0.1, -0.05) is 76.2 Å². The van der Waals surface area contributed by atoms with Gasteiger partial charge in [0.15, 0.2) is 0 Å². The van der Waals surface area contributed by atoms with Crippen molar-refractivity contribution in [2.24, 2.45) is 10.8 Å². The van der Waals surface area contributed by atoms with Crippen molar-refractivity contribution in [2.45, 2.75) is 53.7 Å². The molecule has 3 aromatic rings. The maximum Gasteiger partial charge on any atom is 0.0716 e. The highest BCUT2D eigenvalue weighted by atomic mass is 16.5. The van der Waals surface area contributed by atoms with Crippen molar-refractivity contribution in [2.75, 3.05) is 6.61 Å². The van der Waals surface area contributed by atoms with Crippen LogP contribution < -0.4 is 0 Å². The first-order valence-corrected chi connectivity index (χ1v) is 10.5. The normalized spacial score (nSPS) is 17.9. The monoisotopic (exact) mass is 374 g/mol. The van der Waals surface area contributed by atoms with Crippen LogP contribution in [0.4, 0.5) is 0 Å². The molecule has 2 nitrogen and oxygen atoms in total. The van der Waals surface area contributed by atoms with E-state index in [4.69, 9.17) is 4.74 Å². The molecule has 0 spiro atoms. The number of para-hydroxylation sites is 1. The van der Waals surface area contributed by atoms with Crippen molar-refractivity contribution in [1.29, 1.82) is 0 Å². The molecule has 1 saturated carbocycles. The van der Waals surface area contributed by atoms with Crippen LogP contribution in [0.1, 0.15) is 51.7 Å².